The third kappa shape index (κ3) is 3.85. The van der Waals surface area contributed by atoms with Crippen molar-refractivity contribution in [3.05, 3.63) is 67.3 Å². The fraction of sp³-hybridized carbons (Fsp3) is 0.0625. The van der Waals surface area contributed by atoms with Crippen molar-refractivity contribution in [2.75, 3.05) is 5.32 Å². The largest absolute Gasteiger partial charge is 0.297 e. The summed E-state index contributed by atoms with van der Waals surface area (Å²) in [6.45, 7) is 0. The first-order valence-corrected chi connectivity index (χ1v) is 9.12. The Morgan fingerprint density at radius 1 is 1.30 bits per heavy atom. The number of anilines is 1. The van der Waals surface area contributed by atoms with Crippen LogP contribution >= 0.6 is 38.6 Å². The van der Waals surface area contributed by atoms with Crippen molar-refractivity contribution >= 4 is 49.6 Å². The lowest BCUT2D eigenvalue weighted by molar-refractivity contribution is 0.103. The minimum absolute atomic E-state index is 0.161. The van der Waals surface area contributed by atoms with Crippen LogP contribution in [0.3, 0.4) is 0 Å². The van der Waals surface area contributed by atoms with Gasteiger partial charge < -0.3 is 0 Å². The fourth-order valence-electron chi connectivity index (χ4n) is 1.95. The molecule has 2 heterocycles. The average Bonchev–Trinajstić information content (AvgIpc) is 3.17. The van der Waals surface area contributed by atoms with Crippen LogP contribution in [-0.4, -0.2) is 10.9 Å². The molecule has 0 aliphatic carbocycles. The number of aromatic nitrogens is 1. The van der Waals surface area contributed by atoms with E-state index in [9.17, 15) is 4.79 Å². The number of amides is 1. The molecule has 23 heavy (non-hydrogen) atoms. The van der Waals surface area contributed by atoms with E-state index in [0.29, 0.717) is 15.6 Å². The Balaban J connectivity index is 1.67. The number of hydrogen-bond donors (Lipinski definition) is 1. The van der Waals surface area contributed by atoms with Crippen LogP contribution in [0, 0.1) is 11.3 Å². The molecule has 0 aliphatic rings. The van der Waals surface area contributed by atoms with Gasteiger partial charge in [0, 0.05) is 22.0 Å². The van der Waals surface area contributed by atoms with Crippen LogP contribution in [0.15, 0.2) is 46.4 Å². The molecule has 3 rings (SSSR count). The minimum Gasteiger partial charge on any atom is -0.297 e. The molecule has 0 aliphatic heterocycles. The van der Waals surface area contributed by atoms with Gasteiger partial charge in [0.2, 0.25) is 0 Å². The van der Waals surface area contributed by atoms with Crippen LogP contribution in [0.2, 0.25) is 0 Å². The van der Waals surface area contributed by atoms with E-state index in [0.717, 1.165) is 21.3 Å². The predicted molar refractivity (Wildman–Crippen MR) is 96.0 cm³/mol. The van der Waals surface area contributed by atoms with E-state index in [2.05, 4.69) is 32.3 Å². The standard InChI is InChI=1S/C16H10BrN3OS2/c17-13-5-6-22-14(13)15(21)20-16-19-9-12(23-16)7-10-1-3-11(8-18)4-2-10/h1-6,9H,7H2,(H,19,20,21). The van der Waals surface area contributed by atoms with E-state index in [1.807, 2.05) is 23.6 Å². The van der Waals surface area contributed by atoms with Crippen molar-refractivity contribution in [1.82, 2.24) is 4.98 Å². The summed E-state index contributed by atoms with van der Waals surface area (Å²) < 4.78 is 0.786. The highest BCUT2D eigenvalue weighted by atomic mass is 79.9. The molecule has 2 aromatic heterocycles. The zero-order valence-corrected chi connectivity index (χ0v) is 15.0. The molecule has 3 aromatic rings. The number of rotatable bonds is 4. The van der Waals surface area contributed by atoms with Gasteiger partial charge in [0.05, 0.1) is 11.6 Å². The molecule has 114 valence electrons. The van der Waals surface area contributed by atoms with Crippen molar-refractivity contribution in [3.8, 4) is 6.07 Å². The maximum atomic E-state index is 12.1. The van der Waals surface area contributed by atoms with Gasteiger partial charge in [-0.05, 0) is 45.1 Å². The maximum absolute atomic E-state index is 12.1. The van der Waals surface area contributed by atoms with E-state index in [-0.39, 0.29) is 5.91 Å². The lowest BCUT2D eigenvalue weighted by Gasteiger charge is -1.99. The quantitative estimate of drug-likeness (QED) is 0.687. The first-order chi connectivity index (χ1) is 11.2. The number of nitriles is 1. The first-order valence-electron chi connectivity index (χ1n) is 6.64. The molecular weight excluding hydrogens is 394 g/mol. The van der Waals surface area contributed by atoms with Gasteiger partial charge in [-0.3, -0.25) is 10.1 Å². The molecule has 0 saturated heterocycles. The second-order valence-electron chi connectivity index (χ2n) is 4.67. The van der Waals surface area contributed by atoms with Crippen LogP contribution in [0.1, 0.15) is 25.7 Å². The summed E-state index contributed by atoms with van der Waals surface area (Å²) in [5.74, 6) is -0.161. The van der Waals surface area contributed by atoms with Crippen LogP contribution in [-0.2, 0) is 6.42 Å². The minimum atomic E-state index is -0.161. The van der Waals surface area contributed by atoms with Crippen molar-refractivity contribution in [3.63, 3.8) is 0 Å². The molecule has 0 saturated carbocycles. The van der Waals surface area contributed by atoms with Gasteiger partial charge in [0.1, 0.15) is 4.88 Å². The summed E-state index contributed by atoms with van der Waals surface area (Å²) >= 11 is 6.18. The molecule has 1 aromatic carbocycles. The topological polar surface area (TPSA) is 65.8 Å². The summed E-state index contributed by atoms with van der Waals surface area (Å²) in [7, 11) is 0. The highest BCUT2D eigenvalue weighted by molar-refractivity contribution is 9.10. The zero-order chi connectivity index (χ0) is 16.2. The highest BCUT2D eigenvalue weighted by Gasteiger charge is 2.13. The Kier molecular flexibility index (Phi) is 4.86. The second kappa shape index (κ2) is 7.04. The first kappa shape index (κ1) is 15.9. The molecule has 0 fully saturated rings. The fourth-order valence-corrected chi connectivity index (χ4v) is 4.24. The molecule has 0 bridgehead atoms. The Bertz CT molecular complexity index is 877. The number of benzene rings is 1. The van der Waals surface area contributed by atoms with Crippen molar-refractivity contribution in [2.45, 2.75) is 6.42 Å². The Morgan fingerprint density at radius 3 is 2.74 bits per heavy atom. The lowest BCUT2D eigenvalue weighted by atomic mass is 10.1. The molecule has 4 nitrogen and oxygen atoms in total. The number of nitrogens with zero attached hydrogens (tertiary/aromatic N) is 2. The average molecular weight is 404 g/mol. The summed E-state index contributed by atoms with van der Waals surface area (Å²) in [6.07, 6.45) is 2.49. The molecule has 0 spiro atoms. The molecular formula is C16H10BrN3OS2. The number of carbonyl (C=O) groups excluding carboxylic acids is 1. The Morgan fingerprint density at radius 2 is 2.09 bits per heavy atom. The summed E-state index contributed by atoms with van der Waals surface area (Å²) in [4.78, 5) is 18.1. The monoisotopic (exact) mass is 403 g/mol. The smallest absolute Gasteiger partial charge is 0.268 e. The number of nitrogens with one attached hydrogen (secondary N) is 1. The van der Waals surface area contributed by atoms with Gasteiger partial charge in [0.15, 0.2) is 5.13 Å². The molecule has 0 radical (unpaired) electrons. The van der Waals surface area contributed by atoms with E-state index in [1.54, 1.807) is 18.3 Å². The number of thiazole rings is 1. The molecule has 0 atom stereocenters. The van der Waals surface area contributed by atoms with Gasteiger partial charge in [-0.25, -0.2) is 4.98 Å². The number of carbonyl (C=O) groups is 1. The van der Waals surface area contributed by atoms with Crippen LogP contribution < -0.4 is 5.32 Å². The van der Waals surface area contributed by atoms with Crippen LogP contribution in [0.25, 0.3) is 0 Å². The maximum Gasteiger partial charge on any atom is 0.268 e. The second-order valence-corrected chi connectivity index (χ2v) is 7.55. The number of halogens is 1. The van der Waals surface area contributed by atoms with E-state index < -0.39 is 0 Å². The SMILES string of the molecule is N#Cc1ccc(Cc2cnc(NC(=O)c3sccc3Br)s2)cc1. The van der Waals surface area contributed by atoms with Crippen molar-refractivity contribution < 1.29 is 4.79 Å². The summed E-state index contributed by atoms with van der Waals surface area (Å²) in [6, 6.07) is 11.4. The van der Waals surface area contributed by atoms with Crippen molar-refractivity contribution in [1.29, 1.82) is 5.26 Å². The number of hydrogen-bond acceptors (Lipinski definition) is 5. The van der Waals surface area contributed by atoms with E-state index >= 15 is 0 Å². The third-order valence-electron chi connectivity index (χ3n) is 3.06. The van der Waals surface area contributed by atoms with Gasteiger partial charge >= 0.3 is 0 Å². The Hall–Kier alpha value is -2.01. The van der Waals surface area contributed by atoms with Gasteiger partial charge in [-0.15, -0.1) is 22.7 Å². The predicted octanol–water partition coefficient (Wildman–Crippen LogP) is 4.68. The van der Waals surface area contributed by atoms with Crippen LogP contribution in [0.5, 0.6) is 0 Å². The van der Waals surface area contributed by atoms with E-state index in [1.165, 1.54) is 22.7 Å². The normalized spacial score (nSPS) is 10.3. The zero-order valence-electron chi connectivity index (χ0n) is 11.7. The summed E-state index contributed by atoms with van der Waals surface area (Å²) in [5.41, 5.74) is 1.75. The summed E-state index contributed by atoms with van der Waals surface area (Å²) in [5, 5.41) is 14.1. The third-order valence-corrected chi connectivity index (χ3v) is 5.81. The Labute approximate surface area is 149 Å². The van der Waals surface area contributed by atoms with Gasteiger partial charge in [-0.1, -0.05) is 12.1 Å². The van der Waals surface area contributed by atoms with Crippen molar-refractivity contribution in [2.24, 2.45) is 0 Å². The van der Waals surface area contributed by atoms with Crippen LogP contribution in [0.4, 0.5) is 5.13 Å². The highest BCUT2D eigenvalue weighted by Crippen LogP contribution is 2.26. The molecule has 0 unspecified atom stereocenters. The van der Waals surface area contributed by atoms with Gasteiger partial charge in [-0.2, -0.15) is 5.26 Å². The molecule has 1 amide bonds. The lowest BCUT2D eigenvalue weighted by Crippen LogP contribution is -2.10. The molecule has 1 N–H and O–H groups in total. The van der Waals surface area contributed by atoms with E-state index in [4.69, 9.17) is 5.26 Å². The van der Waals surface area contributed by atoms with Gasteiger partial charge in [0.25, 0.3) is 5.91 Å². The molecule has 7 heteroatoms. The number of thiophene rings is 1.